The fraction of sp³-hybridized carbons (Fsp3) is 0.429. The van der Waals surface area contributed by atoms with Gasteiger partial charge in [-0.3, -0.25) is 0 Å². The molecule has 0 aliphatic carbocycles. The standard InChI is InChI=1S/C14H19N3O3S/c1-4-8-17(21(3,18)19)10-13-15-14(16-20-13)12-7-5-6-11(2)9-12/h5-7,9H,4,8,10H2,1-3H3. The van der Waals surface area contributed by atoms with Crippen LogP contribution in [0.5, 0.6) is 0 Å². The van der Waals surface area contributed by atoms with Gasteiger partial charge in [0.25, 0.3) is 0 Å². The third-order valence-corrected chi connectivity index (χ3v) is 4.25. The van der Waals surface area contributed by atoms with E-state index in [1.807, 2.05) is 38.1 Å². The van der Waals surface area contributed by atoms with Gasteiger partial charge >= 0.3 is 0 Å². The Morgan fingerprint density at radius 2 is 2.10 bits per heavy atom. The molecule has 114 valence electrons. The Balaban J connectivity index is 2.20. The van der Waals surface area contributed by atoms with Gasteiger partial charge in [-0.25, -0.2) is 8.42 Å². The fourth-order valence-electron chi connectivity index (χ4n) is 1.98. The highest BCUT2D eigenvalue weighted by atomic mass is 32.2. The summed E-state index contributed by atoms with van der Waals surface area (Å²) in [4.78, 5) is 4.27. The predicted octanol–water partition coefficient (Wildman–Crippen LogP) is 2.22. The van der Waals surface area contributed by atoms with Gasteiger partial charge in [0.2, 0.25) is 21.7 Å². The maximum absolute atomic E-state index is 11.7. The van der Waals surface area contributed by atoms with Crippen LogP contribution in [0.3, 0.4) is 0 Å². The Labute approximate surface area is 124 Å². The predicted molar refractivity (Wildman–Crippen MR) is 80.0 cm³/mol. The van der Waals surface area contributed by atoms with Crippen molar-refractivity contribution < 1.29 is 12.9 Å². The average molecular weight is 309 g/mol. The van der Waals surface area contributed by atoms with Crippen LogP contribution in [0.1, 0.15) is 24.8 Å². The smallest absolute Gasteiger partial charge is 0.242 e. The summed E-state index contributed by atoms with van der Waals surface area (Å²) in [6, 6.07) is 7.74. The van der Waals surface area contributed by atoms with Gasteiger partial charge in [-0.15, -0.1) is 0 Å². The van der Waals surface area contributed by atoms with Gasteiger partial charge in [0.05, 0.1) is 12.8 Å². The highest BCUT2D eigenvalue weighted by Crippen LogP contribution is 2.18. The summed E-state index contributed by atoms with van der Waals surface area (Å²) in [5.74, 6) is 0.768. The van der Waals surface area contributed by atoms with Crippen molar-refractivity contribution in [1.82, 2.24) is 14.4 Å². The van der Waals surface area contributed by atoms with E-state index >= 15 is 0 Å². The Kier molecular flexibility index (Phi) is 4.74. The number of hydrogen-bond acceptors (Lipinski definition) is 5. The topological polar surface area (TPSA) is 76.3 Å². The SMILES string of the molecule is CCCN(Cc1nc(-c2cccc(C)c2)no1)S(C)(=O)=O. The third-order valence-electron chi connectivity index (χ3n) is 3.00. The van der Waals surface area contributed by atoms with Crippen LogP contribution in [-0.4, -0.2) is 35.7 Å². The molecule has 0 spiro atoms. The van der Waals surface area contributed by atoms with E-state index in [1.165, 1.54) is 10.6 Å². The molecule has 0 aliphatic heterocycles. The minimum absolute atomic E-state index is 0.103. The average Bonchev–Trinajstić information content (AvgIpc) is 2.86. The molecule has 1 aromatic heterocycles. The van der Waals surface area contributed by atoms with E-state index in [0.717, 1.165) is 17.5 Å². The lowest BCUT2D eigenvalue weighted by Gasteiger charge is -2.16. The number of nitrogens with zero attached hydrogens (tertiary/aromatic N) is 3. The maximum Gasteiger partial charge on any atom is 0.242 e. The normalized spacial score (nSPS) is 12.0. The van der Waals surface area contributed by atoms with Crippen LogP contribution in [0.2, 0.25) is 0 Å². The molecule has 0 unspecified atom stereocenters. The highest BCUT2D eigenvalue weighted by molar-refractivity contribution is 7.88. The van der Waals surface area contributed by atoms with Crippen LogP contribution in [0.15, 0.2) is 28.8 Å². The summed E-state index contributed by atoms with van der Waals surface area (Å²) in [7, 11) is -3.28. The van der Waals surface area contributed by atoms with E-state index in [-0.39, 0.29) is 6.54 Å². The molecule has 1 aromatic carbocycles. The number of hydrogen-bond donors (Lipinski definition) is 0. The van der Waals surface area contributed by atoms with E-state index < -0.39 is 10.0 Å². The quantitative estimate of drug-likeness (QED) is 0.817. The molecule has 0 radical (unpaired) electrons. The van der Waals surface area contributed by atoms with Crippen molar-refractivity contribution in [3.8, 4) is 11.4 Å². The molecule has 0 bridgehead atoms. The van der Waals surface area contributed by atoms with E-state index in [0.29, 0.717) is 18.3 Å². The van der Waals surface area contributed by atoms with Crippen LogP contribution < -0.4 is 0 Å². The second-order valence-electron chi connectivity index (χ2n) is 4.98. The van der Waals surface area contributed by atoms with Gasteiger partial charge in [0.1, 0.15) is 0 Å². The molecule has 2 aromatic rings. The lowest BCUT2D eigenvalue weighted by molar-refractivity contribution is 0.316. The molecule has 0 amide bonds. The monoisotopic (exact) mass is 309 g/mol. The maximum atomic E-state index is 11.7. The van der Waals surface area contributed by atoms with Crippen molar-refractivity contribution in [2.75, 3.05) is 12.8 Å². The van der Waals surface area contributed by atoms with Crippen molar-refractivity contribution in [3.05, 3.63) is 35.7 Å². The Morgan fingerprint density at radius 1 is 1.33 bits per heavy atom. The zero-order chi connectivity index (χ0) is 15.5. The molecule has 0 aliphatic rings. The van der Waals surface area contributed by atoms with Crippen molar-refractivity contribution in [3.63, 3.8) is 0 Å². The fourth-order valence-corrected chi connectivity index (χ4v) is 2.84. The van der Waals surface area contributed by atoms with Gasteiger partial charge in [-0.1, -0.05) is 35.8 Å². The minimum atomic E-state index is -3.28. The zero-order valence-electron chi connectivity index (χ0n) is 12.4. The zero-order valence-corrected chi connectivity index (χ0v) is 13.2. The molecule has 0 fully saturated rings. The van der Waals surface area contributed by atoms with E-state index in [9.17, 15) is 8.42 Å². The van der Waals surface area contributed by atoms with Crippen molar-refractivity contribution in [2.45, 2.75) is 26.8 Å². The van der Waals surface area contributed by atoms with Crippen molar-refractivity contribution in [2.24, 2.45) is 0 Å². The summed E-state index contributed by atoms with van der Waals surface area (Å²) >= 11 is 0. The summed E-state index contributed by atoms with van der Waals surface area (Å²) in [6.07, 6.45) is 1.91. The molecular weight excluding hydrogens is 290 g/mol. The summed E-state index contributed by atoms with van der Waals surface area (Å²) in [5.41, 5.74) is 1.95. The molecule has 0 saturated heterocycles. The molecule has 0 atom stereocenters. The largest absolute Gasteiger partial charge is 0.338 e. The lowest BCUT2D eigenvalue weighted by Crippen LogP contribution is -2.30. The number of rotatable bonds is 6. The third kappa shape index (κ3) is 4.12. The summed E-state index contributed by atoms with van der Waals surface area (Å²) in [5, 5.41) is 3.92. The van der Waals surface area contributed by atoms with Crippen LogP contribution in [0.4, 0.5) is 0 Å². The number of sulfonamides is 1. The first-order valence-corrected chi connectivity index (χ1v) is 8.59. The lowest BCUT2D eigenvalue weighted by atomic mass is 10.1. The Bertz CT molecular complexity index is 710. The number of benzene rings is 1. The first kappa shape index (κ1) is 15.7. The van der Waals surface area contributed by atoms with Crippen LogP contribution >= 0.6 is 0 Å². The molecule has 0 N–H and O–H groups in total. The minimum Gasteiger partial charge on any atom is -0.338 e. The molecular formula is C14H19N3O3S. The Hall–Kier alpha value is -1.73. The Morgan fingerprint density at radius 3 is 2.71 bits per heavy atom. The highest BCUT2D eigenvalue weighted by Gasteiger charge is 2.19. The van der Waals surface area contributed by atoms with E-state index in [2.05, 4.69) is 10.1 Å². The second-order valence-corrected chi connectivity index (χ2v) is 6.96. The van der Waals surface area contributed by atoms with Crippen LogP contribution in [0.25, 0.3) is 11.4 Å². The molecule has 1 heterocycles. The molecule has 2 rings (SSSR count). The second kappa shape index (κ2) is 6.36. The van der Waals surface area contributed by atoms with Gasteiger partial charge in [-0.2, -0.15) is 9.29 Å². The van der Waals surface area contributed by atoms with E-state index in [1.54, 1.807) is 0 Å². The first-order chi connectivity index (χ1) is 9.90. The summed E-state index contributed by atoms with van der Waals surface area (Å²) < 4.78 is 29.9. The van der Waals surface area contributed by atoms with Gasteiger partial charge in [0.15, 0.2) is 0 Å². The first-order valence-electron chi connectivity index (χ1n) is 6.75. The van der Waals surface area contributed by atoms with Crippen molar-refractivity contribution in [1.29, 1.82) is 0 Å². The van der Waals surface area contributed by atoms with Crippen LogP contribution in [0, 0.1) is 6.92 Å². The van der Waals surface area contributed by atoms with Gasteiger partial charge in [0, 0.05) is 12.1 Å². The van der Waals surface area contributed by atoms with Gasteiger partial charge < -0.3 is 4.52 Å². The molecule has 0 saturated carbocycles. The number of aromatic nitrogens is 2. The van der Waals surface area contributed by atoms with Gasteiger partial charge in [-0.05, 0) is 19.4 Å². The van der Waals surface area contributed by atoms with Crippen molar-refractivity contribution >= 4 is 10.0 Å². The molecule has 6 nitrogen and oxygen atoms in total. The van der Waals surface area contributed by atoms with E-state index in [4.69, 9.17) is 4.52 Å². The van der Waals surface area contributed by atoms with Crippen LogP contribution in [-0.2, 0) is 16.6 Å². The molecule has 7 heteroatoms. The molecule has 21 heavy (non-hydrogen) atoms. The summed E-state index contributed by atoms with van der Waals surface area (Å²) in [6.45, 7) is 4.44. The number of aryl methyl sites for hydroxylation is 1.